The van der Waals surface area contributed by atoms with Crippen molar-refractivity contribution in [2.45, 2.75) is 44.1 Å². The van der Waals surface area contributed by atoms with Gasteiger partial charge in [0.15, 0.2) is 5.54 Å². The first kappa shape index (κ1) is 17.5. The number of carbonyl (C=O) groups is 2. The van der Waals surface area contributed by atoms with Crippen molar-refractivity contribution in [1.29, 1.82) is 0 Å². The first-order valence-corrected chi connectivity index (χ1v) is 7.92. The normalized spacial score (nSPS) is 21.4. The molecule has 0 aliphatic carbocycles. The number of benzene rings is 1. The standard InChI is InChI=1S/C18H25NO4/c1-17(2,14-8-5-4-6-9-14)12-15(20)19-11-7-10-18(19,13-23-3)16(21)22/h4-6,8-9H,7,10-13H2,1-3H3,(H,21,22). The van der Waals surface area contributed by atoms with Crippen LogP contribution in [0.5, 0.6) is 0 Å². The van der Waals surface area contributed by atoms with Crippen molar-refractivity contribution in [3.05, 3.63) is 35.9 Å². The lowest BCUT2D eigenvalue weighted by Gasteiger charge is -2.36. The van der Waals surface area contributed by atoms with E-state index in [9.17, 15) is 14.7 Å². The SMILES string of the molecule is COCC1(C(=O)O)CCCN1C(=O)CC(C)(C)c1ccccc1. The number of hydrogen-bond donors (Lipinski definition) is 1. The lowest BCUT2D eigenvalue weighted by molar-refractivity contribution is -0.160. The van der Waals surface area contributed by atoms with Crippen molar-refractivity contribution in [3.63, 3.8) is 0 Å². The van der Waals surface area contributed by atoms with E-state index < -0.39 is 11.5 Å². The molecule has 1 aromatic rings. The molecule has 0 bridgehead atoms. The Hall–Kier alpha value is -1.88. The fourth-order valence-electron chi connectivity index (χ4n) is 3.38. The predicted octanol–water partition coefficient (Wildman–Crippen LogP) is 2.45. The van der Waals surface area contributed by atoms with Gasteiger partial charge in [0.2, 0.25) is 5.91 Å². The molecule has 1 N–H and O–H groups in total. The second kappa shape index (κ2) is 6.71. The number of likely N-dealkylation sites (tertiary alicyclic amines) is 1. The third-order valence-electron chi connectivity index (χ3n) is 4.72. The maximum absolute atomic E-state index is 12.8. The Balaban J connectivity index is 2.21. The molecule has 1 atom stereocenters. The molecule has 1 heterocycles. The third kappa shape index (κ3) is 3.39. The lowest BCUT2D eigenvalue weighted by Crippen LogP contribution is -2.56. The molecule has 0 radical (unpaired) electrons. The highest BCUT2D eigenvalue weighted by molar-refractivity contribution is 5.88. The van der Waals surface area contributed by atoms with Gasteiger partial charge in [0.05, 0.1) is 6.61 Å². The largest absolute Gasteiger partial charge is 0.479 e. The number of carboxylic acids is 1. The zero-order chi connectivity index (χ0) is 17.1. The molecule has 5 nitrogen and oxygen atoms in total. The van der Waals surface area contributed by atoms with Gasteiger partial charge in [0.25, 0.3) is 0 Å². The molecule has 2 rings (SSSR count). The zero-order valence-electron chi connectivity index (χ0n) is 14.0. The van der Waals surface area contributed by atoms with E-state index in [2.05, 4.69) is 0 Å². The molecular formula is C18H25NO4. The summed E-state index contributed by atoms with van der Waals surface area (Å²) in [5.41, 5.74) is -0.503. The number of carboxylic acid groups (broad SMARTS) is 1. The van der Waals surface area contributed by atoms with Gasteiger partial charge in [0, 0.05) is 20.1 Å². The van der Waals surface area contributed by atoms with Crippen LogP contribution in [0.4, 0.5) is 0 Å². The van der Waals surface area contributed by atoms with Crippen molar-refractivity contribution in [1.82, 2.24) is 4.90 Å². The lowest BCUT2D eigenvalue weighted by atomic mass is 9.81. The van der Waals surface area contributed by atoms with Crippen molar-refractivity contribution < 1.29 is 19.4 Å². The van der Waals surface area contributed by atoms with Crippen molar-refractivity contribution >= 4 is 11.9 Å². The van der Waals surface area contributed by atoms with Crippen LogP contribution >= 0.6 is 0 Å². The van der Waals surface area contributed by atoms with E-state index in [0.29, 0.717) is 19.4 Å². The summed E-state index contributed by atoms with van der Waals surface area (Å²) in [5.74, 6) is -1.11. The molecule has 5 heteroatoms. The smallest absolute Gasteiger partial charge is 0.332 e. The maximum Gasteiger partial charge on any atom is 0.332 e. The quantitative estimate of drug-likeness (QED) is 0.874. The van der Waals surface area contributed by atoms with Crippen LogP contribution < -0.4 is 0 Å². The van der Waals surface area contributed by atoms with Crippen LogP contribution in [0.1, 0.15) is 38.7 Å². The second-order valence-corrected chi connectivity index (χ2v) is 6.85. The van der Waals surface area contributed by atoms with E-state index in [1.54, 1.807) is 0 Å². The molecule has 1 aromatic carbocycles. The average Bonchev–Trinajstić information content (AvgIpc) is 2.93. The summed E-state index contributed by atoms with van der Waals surface area (Å²) in [6, 6.07) is 9.83. The van der Waals surface area contributed by atoms with E-state index in [4.69, 9.17) is 4.74 Å². The van der Waals surface area contributed by atoms with Gasteiger partial charge in [-0.2, -0.15) is 0 Å². The molecule has 0 saturated carbocycles. The van der Waals surface area contributed by atoms with Crippen LogP contribution in [-0.4, -0.2) is 47.7 Å². The van der Waals surface area contributed by atoms with Crippen LogP contribution in [-0.2, 0) is 19.7 Å². The van der Waals surface area contributed by atoms with E-state index in [0.717, 1.165) is 5.56 Å². The summed E-state index contributed by atoms with van der Waals surface area (Å²) < 4.78 is 5.11. The van der Waals surface area contributed by atoms with Gasteiger partial charge >= 0.3 is 5.97 Å². The molecule has 1 amide bonds. The van der Waals surface area contributed by atoms with Crippen LogP contribution in [0, 0.1) is 0 Å². The highest BCUT2D eigenvalue weighted by Crippen LogP contribution is 2.34. The molecule has 1 aliphatic rings. The van der Waals surface area contributed by atoms with Gasteiger partial charge in [-0.05, 0) is 23.8 Å². The second-order valence-electron chi connectivity index (χ2n) is 6.85. The first-order chi connectivity index (χ1) is 10.8. The van der Waals surface area contributed by atoms with Crippen molar-refractivity contribution in [2.75, 3.05) is 20.3 Å². The summed E-state index contributed by atoms with van der Waals surface area (Å²) in [6.45, 7) is 4.52. The Morgan fingerprint density at radius 2 is 1.96 bits per heavy atom. The summed E-state index contributed by atoms with van der Waals surface area (Å²) in [4.78, 5) is 26.1. The fourth-order valence-corrected chi connectivity index (χ4v) is 3.38. The molecule has 0 aromatic heterocycles. The van der Waals surface area contributed by atoms with Crippen molar-refractivity contribution in [2.24, 2.45) is 0 Å². The Labute approximate surface area is 137 Å². The third-order valence-corrected chi connectivity index (χ3v) is 4.72. The minimum Gasteiger partial charge on any atom is -0.479 e. The first-order valence-electron chi connectivity index (χ1n) is 7.92. The van der Waals surface area contributed by atoms with E-state index in [1.165, 1.54) is 12.0 Å². The molecule has 1 fully saturated rings. The van der Waals surface area contributed by atoms with Gasteiger partial charge in [-0.15, -0.1) is 0 Å². The van der Waals surface area contributed by atoms with Gasteiger partial charge in [-0.1, -0.05) is 44.2 Å². The summed E-state index contributed by atoms with van der Waals surface area (Å²) >= 11 is 0. The van der Waals surface area contributed by atoms with Gasteiger partial charge in [0.1, 0.15) is 0 Å². The molecule has 0 spiro atoms. The van der Waals surface area contributed by atoms with E-state index in [-0.39, 0.29) is 24.3 Å². The maximum atomic E-state index is 12.8. The van der Waals surface area contributed by atoms with E-state index >= 15 is 0 Å². The monoisotopic (exact) mass is 319 g/mol. The van der Waals surface area contributed by atoms with Crippen LogP contribution in [0.3, 0.4) is 0 Å². The Morgan fingerprint density at radius 3 is 2.52 bits per heavy atom. The van der Waals surface area contributed by atoms with Crippen LogP contribution in [0.25, 0.3) is 0 Å². The predicted molar refractivity (Wildman–Crippen MR) is 87.3 cm³/mol. The molecule has 126 valence electrons. The number of carbonyl (C=O) groups excluding carboxylic acids is 1. The zero-order valence-corrected chi connectivity index (χ0v) is 14.0. The number of nitrogens with zero attached hydrogens (tertiary/aromatic N) is 1. The molecule has 1 unspecified atom stereocenters. The minimum absolute atomic E-state index is 0.0276. The number of rotatable bonds is 6. The molecule has 1 aliphatic heterocycles. The van der Waals surface area contributed by atoms with Gasteiger partial charge in [-0.25, -0.2) is 4.79 Å². The molecular weight excluding hydrogens is 294 g/mol. The number of ether oxygens (including phenoxy) is 1. The number of aliphatic carboxylic acids is 1. The number of hydrogen-bond acceptors (Lipinski definition) is 3. The molecule has 23 heavy (non-hydrogen) atoms. The van der Waals surface area contributed by atoms with Crippen LogP contribution in [0.15, 0.2) is 30.3 Å². The Morgan fingerprint density at radius 1 is 1.30 bits per heavy atom. The van der Waals surface area contributed by atoms with Gasteiger partial charge in [-0.3, -0.25) is 4.79 Å². The fraction of sp³-hybridized carbons (Fsp3) is 0.556. The minimum atomic E-state index is -1.22. The highest BCUT2D eigenvalue weighted by atomic mass is 16.5. The number of amides is 1. The summed E-state index contributed by atoms with van der Waals surface area (Å²) in [5, 5.41) is 9.66. The van der Waals surface area contributed by atoms with Crippen LogP contribution in [0.2, 0.25) is 0 Å². The topological polar surface area (TPSA) is 66.8 Å². The summed E-state index contributed by atoms with van der Waals surface area (Å²) in [7, 11) is 1.47. The Bertz CT molecular complexity index is 570. The van der Waals surface area contributed by atoms with Gasteiger partial charge < -0.3 is 14.7 Å². The van der Waals surface area contributed by atoms with E-state index in [1.807, 2.05) is 44.2 Å². The Kier molecular flexibility index (Phi) is 5.09. The molecule has 1 saturated heterocycles. The highest BCUT2D eigenvalue weighted by Gasteiger charge is 2.50. The number of methoxy groups -OCH3 is 1. The average molecular weight is 319 g/mol. The summed E-state index contributed by atoms with van der Waals surface area (Å²) in [6.07, 6.45) is 1.40. The van der Waals surface area contributed by atoms with Crippen molar-refractivity contribution in [3.8, 4) is 0 Å².